The van der Waals surface area contributed by atoms with Gasteiger partial charge in [-0.05, 0) is 62.1 Å². The molecule has 1 spiro atoms. The van der Waals surface area contributed by atoms with Crippen molar-refractivity contribution < 1.29 is 14.3 Å². The third-order valence-electron chi connectivity index (χ3n) is 6.65. The zero-order valence-corrected chi connectivity index (χ0v) is 16.2. The monoisotopic (exact) mass is 371 g/mol. The Balaban J connectivity index is 1.38. The van der Waals surface area contributed by atoms with Gasteiger partial charge in [0.1, 0.15) is 5.60 Å². The summed E-state index contributed by atoms with van der Waals surface area (Å²) >= 11 is 0. The van der Waals surface area contributed by atoms with Crippen LogP contribution in [0.2, 0.25) is 0 Å². The van der Waals surface area contributed by atoms with Crippen LogP contribution < -0.4 is 0 Å². The van der Waals surface area contributed by atoms with Crippen LogP contribution in [0, 0.1) is 5.41 Å². The van der Waals surface area contributed by atoms with Crippen LogP contribution in [-0.4, -0.2) is 58.4 Å². The number of nitrogens with zero attached hydrogens (tertiary/aromatic N) is 3. The molecule has 3 fully saturated rings. The quantitative estimate of drug-likeness (QED) is 0.818. The van der Waals surface area contributed by atoms with Gasteiger partial charge in [-0.3, -0.25) is 14.6 Å². The highest BCUT2D eigenvalue weighted by atomic mass is 16.5. The molecule has 4 rings (SSSR count). The van der Waals surface area contributed by atoms with E-state index >= 15 is 0 Å². The Morgan fingerprint density at radius 1 is 1.19 bits per heavy atom. The number of hydrogen-bond donors (Lipinski definition) is 0. The molecular weight excluding hydrogens is 342 g/mol. The van der Waals surface area contributed by atoms with Crippen LogP contribution in [0.1, 0.15) is 51.0 Å². The molecule has 0 saturated carbocycles. The summed E-state index contributed by atoms with van der Waals surface area (Å²) in [4.78, 5) is 33.4. The summed E-state index contributed by atoms with van der Waals surface area (Å²) in [5, 5.41) is 0. The van der Waals surface area contributed by atoms with Crippen molar-refractivity contribution in [3.63, 3.8) is 0 Å². The maximum atomic E-state index is 12.9. The molecule has 4 heterocycles. The second-order valence-electron chi connectivity index (χ2n) is 8.58. The van der Waals surface area contributed by atoms with Crippen molar-refractivity contribution >= 4 is 11.8 Å². The number of pyridine rings is 1. The first kappa shape index (κ1) is 18.4. The standard InChI is InChI=1S/C21H29N3O3/c1-20(6-2-14-27-20)19(26)23-12-8-21(9-13-23)7-3-18(25)24(16-21)15-17-4-10-22-11-5-17/h4-5,10-11H,2-3,6-9,12-16H2,1H3/t20-/m1/s1. The first-order chi connectivity index (χ1) is 13.0. The number of hydrogen-bond acceptors (Lipinski definition) is 4. The Morgan fingerprint density at radius 2 is 1.93 bits per heavy atom. The van der Waals surface area contributed by atoms with Crippen molar-refractivity contribution in [1.29, 1.82) is 0 Å². The Labute approximate surface area is 160 Å². The van der Waals surface area contributed by atoms with Crippen molar-refractivity contribution in [3.05, 3.63) is 30.1 Å². The number of ether oxygens (including phenoxy) is 1. The topological polar surface area (TPSA) is 62.7 Å². The van der Waals surface area contributed by atoms with E-state index < -0.39 is 5.60 Å². The molecule has 0 N–H and O–H groups in total. The molecule has 3 aliphatic rings. The van der Waals surface area contributed by atoms with E-state index in [1.165, 1.54) is 0 Å². The molecule has 3 aliphatic heterocycles. The van der Waals surface area contributed by atoms with E-state index in [0.29, 0.717) is 19.6 Å². The Kier molecular flexibility index (Phi) is 4.93. The fourth-order valence-electron chi connectivity index (χ4n) is 4.83. The second-order valence-corrected chi connectivity index (χ2v) is 8.58. The highest BCUT2D eigenvalue weighted by Crippen LogP contribution is 2.41. The number of rotatable bonds is 3. The van der Waals surface area contributed by atoms with Gasteiger partial charge in [0.25, 0.3) is 5.91 Å². The summed E-state index contributed by atoms with van der Waals surface area (Å²) in [6.45, 7) is 5.61. The summed E-state index contributed by atoms with van der Waals surface area (Å²) < 4.78 is 5.74. The van der Waals surface area contributed by atoms with Crippen LogP contribution in [0.15, 0.2) is 24.5 Å². The Hall–Kier alpha value is -1.95. The van der Waals surface area contributed by atoms with E-state index in [-0.39, 0.29) is 17.2 Å². The highest BCUT2D eigenvalue weighted by molar-refractivity contribution is 5.85. The molecule has 0 radical (unpaired) electrons. The minimum absolute atomic E-state index is 0.148. The van der Waals surface area contributed by atoms with Gasteiger partial charge in [-0.15, -0.1) is 0 Å². The first-order valence-electron chi connectivity index (χ1n) is 10.1. The molecule has 0 bridgehead atoms. The number of carbonyl (C=O) groups is 2. The molecule has 6 nitrogen and oxygen atoms in total. The Bertz CT molecular complexity index is 692. The zero-order chi connectivity index (χ0) is 18.9. The third kappa shape index (κ3) is 3.72. The SMILES string of the molecule is C[C@]1(C(=O)N2CCC3(CCC(=O)N(Cc4ccncc4)C3)CC2)CCCO1. The van der Waals surface area contributed by atoms with Crippen molar-refractivity contribution in [2.24, 2.45) is 5.41 Å². The lowest BCUT2D eigenvalue weighted by Gasteiger charge is -2.48. The molecule has 1 atom stereocenters. The fraction of sp³-hybridized carbons (Fsp3) is 0.667. The smallest absolute Gasteiger partial charge is 0.254 e. The number of carbonyl (C=O) groups excluding carboxylic acids is 2. The molecule has 27 heavy (non-hydrogen) atoms. The van der Waals surface area contributed by atoms with Gasteiger partial charge in [0, 0.05) is 51.6 Å². The van der Waals surface area contributed by atoms with Crippen LogP contribution in [-0.2, 0) is 20.9 Å². The van der Waals surface area contributed by atoms with Crippen LogP contribution in [0.3, 0.4) is 0 Å². The van der Waals surface area contributed by atoms with Gasteiger partial charge >= 0.3 is 0 Å². The van der Waals surface area contributed by atoms with Gasteiger partial charge in [0.15, 0.2) is 0 Å². The number of piperidine rings is 2. The van der Waals surface area contributed by atoms with E-state index in [2.05, 4.69) is 4.98 Å². The minimum atomic E-state index is -0.625. The minimum Gasteiger partial charge on any atom is -0.365 e. The average Bonchev–Trinajstić information content (AvgIpc) is 3.14. The van der Waals surface area contributed by atoms with E-state index in [1.807, 2.05) is 28.9 Å². The molecule has 3 saturated heterocycles. The van der Waals surface area contributed by atoms with Crippen molar-refractivity contribution in [2.75, 3.05) is 26.2 Å². The molecule has 6 heteroatoms. The zero-order valence-electron chi connectivity index (χ0n) is 16.2. The highest BCUT2D eigenvalue weighted by Gasteiger charge is 2.45. The first-order valence-corrected chi connectivity index (χ1v) is 10.1. The Morgan fingerprint density at radius 3 is 2.59 bits per heavy atom. The second kappa shape index (κ2) is 7.23. The van der Waals surface area contributed by atoms with Crippen LogP contribution in [0.5, 0.6) is 0 Å². The average molecular weight is 371 g/mol. The number of likely N-dealkylation sites (tertiary alicyclic amines) is 2. The summed E-state index contributed by atoms with van der Waals surface area (Å²) in [6.07, 6.45) is 8.82. The van der Waals surface area contributed by atoms with Crippen molar-refractivity contribution in [3.8, 4) is 0 Å². The van der Waals surface area contributed by atoms with Crippen molar-refractivity contribution in [2.45, 2.75) is 57.6 Å². The van der Waals surface area contributed by atoms with Gasteiger partial charge in [-0.25, -0.2) is 0 Å². The van der Waals surface area contributed by atoms with E-state index in [9.17, 15) is 9.59 Å². The summed E-state index contributed by atoms with van der Waals surface area (Å²) in [7, 11) is 0. The molecule has 146 valence electrons. The normalized spacial score (nSPS) is 28.0. The molecule has 0 unspecified atom stereocenters. The van der Waals surface area contributed by atoms with Gasteiger partial charge in [0.2, 0.25) is 5.91 Å². The van der Waals surface area contributed by atoms with Crippen molar-refractivity contribution in [1.82, 2.24) is 14.8 Å². The van der Waals surface area contributed by atoms with Crippen LogP contribution >= 0.6 is 0 Å². The number of aromatic nitrogens is 1. The van der Waals surface area contributed by atoms with E-state index in [4.69, 9.17) is 4.74 Å². The molecule has 1 aromatic rings. The van der Waals surface area contributed by atoms with Gasteiger partial charge in [-0.2, -0.15) is 0 Å². The lowest BCUT2D eigenvalue weighted by molar-refractivity contribution is -0.155. The summed E-state index contributed by atoms with van der Waals surface area (Å²) in [5.74, 6) is 0.387. The largest absolute Gasteiger partial charge is 0.365 e. The van der Waals surface area contributed by atoms with E-state index in [0.717, 1.165) is 57.3 Å². The third-order valence-corrected chi connectivity index (χ3v) is 6.65. The predicted molar refractivity (Wildman–Crippen MR) is 101 cm³/mol. The number of amides is 2. The fourth-order valence-corrected chi connectivity index (χ4v) is 4.83. The molecule has 1 aromatic heterocycles. The lowest BCUT2D eigenvalue weighted by atomic mass is 9.72. The maximum absolute atomic E-state index is 12.9. The summed E-state index contributed by atoms with van der Waals surface area (Å²) in [5.41, 5.74) is 0.643. The molecular formula is C21H29N3O3. The maximum Gasteiger partial charge on any atom is 0.254 e. The summed E-state index contributed by atoms with van der Waals surface area (Å²) in [6, 6.07) is 3.94. The van der Waals surface area contributed by atoms with Gasteiger partial charge in [-0.1, -0.05) is 0 Å². The molecule has 0 aromatic carbocycles. The van der Waals surface area contributed by atoms with Gasteiger partial charge < -0.3 is 14.5 Å². The van der Waals surface area contributed by atoms with Crippen LogP contribution in [0.25, 0.3) is 0 Å². The van der Waals surface area contributed by atoms with Gasteiger partial charge in [0.05, 0.1) is 0 Å². The van der Waals surface area contributed by atoms with E-state index in [1.54, 1.807) is 12.4 Å². The van der Waals surface area contributed by atoms with Crippen LogP contribution in [0.4, 0.5) is 0 Å². The molecule has 2 amide bonds. The molecule has 0 aliphatic carbocycles. The lowest BCUT2D eigenvalue weighted by Crippen LogP contribution is -2.55. The predicted octanol–water partition coefficient (Wildman–Crippen LogP) is 2.38.